The van der Waals surface area contributed by atoms with Crippen molar-refractivity contribution in [1.29, 1.82) is 0 Å². The van der Waals surface area contributed by atoms with Gasteiger partial charge < -0.3 is 14.8 Å². The fraction of sp³-hybridized carbons (Fsp3) is 0.312. The first-order valence-electron chi connectivity index (χ1n) is 7.96. The van der Waals surface area contributed by atoms with E-state index in [1.165, 1.54) is 4.57 Å². The molecule has 2 aliphatic rings. The van der Waals surface area contributed by atoms with Crippen LogP contribution in [0.2, 0.25) is 0 Å². The summed E-state index contributed by atoms with van der Waals surface area (Å²) in [7, 11) is -0.243. The highest BCUT2D eigenvalue weighted by Crippen LogP contribution is 2.23. The fourth-order valence-electron chi connectivity index (χ4n) is 2.67. The van der Waals surface area contributed by atoms with Gasteiger partial charge in [-0.15, -0.1) is 0 Å². The van der Waals surface area contributed by atoms with Gasteiger partial charge in [0, 0.05) is 21.5 Å². The molecule has 0 spiro atoms. The van der Waals surface area contributed by atoms with Gasteiger partial charge in [-0.1, -0.05) is 0 Å². The summed E-state index contributed by atoms with van der Waals surface area (Å²) < 4.78 is 1.53. The predicted molar refractivity (Wildman–Crippen MR) is 98.9 cm³/mol. The van der Waals surface area contributed by atoms with E-state index >= 15 is 0 Å². The molecule has 1 atom stereocenters. The summed E-state index contributed by atoms with van der Waals surface area (Å²) in [5, 5.41) is 2.69. The third kappa shape index (κ3) is 3.49. The molecule has 1 aromatic rings. The number of rotatable bonds is 5. The van der Waals surface area contributed by atoms with E-state index in [1.807, 2.05) is 26.0 Å². The lowest BCUT2D eigenvalue weighted by Gasteiger charge is -2.17. The lowest BCUT2D eigenvalue weighted by Crippen LogP contribution is -2.33. The van der Waals surface area contributed by atoms with Crippen molar-refractivity contribution < 1.29 is 9.69 Å². The Kier molecular flexibility index (Phi) is 5.11. The van der Waals surface area contributed by atoms with Gasteiger partial charge in [-0.3, -0.25) is 14.6 Å². The highest BCUT2D eigenvalue weighted by molar-refractivity contribution is 7.31. The molecule has 1 aromatic carbocycles. The van der Waals surface area contributed by atoms with Crippen molar-refractivity contribution >= 4 is 25.7 Å². The van der Waals surface area contributed by atoms with Crippen molar-refractivity contribution in [3.05, 3.63) is 44.1 Å². The molecule has 26 heavy (non-hydrogen) atoms. The monoisotopic (exact) mass is 375 g/mol. The van der Waals surface area contributed by atoms with Crippen LogP contribution < -0.4 is 16.6 Å². The van der Waals surface area contributed by atoms with Crippen LogP contribution in [0.15, 0.2) is 21.7 Å². The van der Waals surface area contributed by atoms with Crippen LogP contribution in [0.25, 0.3) is 22.6 Å². The molecular weight excluding hydrogens is 357 g/mol. The minimum Gasteiger partial charge on any atom is -0.377 e. The third-order valence-corrected chi connectivity index (χ3v) is 4.56. The second kappa shape index (κ2) is 7.31. The summed E-state index contributed by atoms with van der Waals surface area (Å²) in [5.74, 6) is -0.247. The minimum absolute atomic E-state index is 0.00462. The number of hydrogen-bond acceptors (Lipinski definition) is 6. The second-order valence-corrected chi connectivity index (χ2v) is 6.74. The predicted octanol–water partition coefficient (Wildman–Crippen LogP) is -0.0966. The number of carbonyl (C=O) groups excluding carboxylic acids is 1. The Morgan fingerprint density at radius 1 is 1.27 bits per heavy atom. The zero-order valence-corrected chi connectivity index (χ0v) is 15.3. The summed E-state index contributed by atoms with van der Waals surface area (Å²) in [6.07, 6.45) is 0.467. The second-order valence-electron chi connectivity index (χ2n) is 5.92. The lowest BCUT2D eigenvalue weighted by atomic mass is 10.1. The molecule has 2 heterocycles. The van der Waals surface area contributed by atoms with Gasteiger partial charge in [-0.25, -0.2) is 9.78 Å². The number of amides is 1. The van der Waals surface area contributed by atoms with E-state index in [-0.39, 0.29) is 32.8 Å². The number of aromatic nitrogens is 4. The normalized spacial score (nSPS) is 11.7. The molecule has 0 fully saturated rings. The van der Waals surface area contributed by atoms with Crippen molar-refractivity contribution in [3.63, 3.8) is 0 Å². The van der Waals surface area contributed by atoms with Gasteiger partial charge in [0.25, 0.3) is 5.56 Å². The Bertz CT molecular complexity index is 1070. The highest BCUT2D eigenvalue weighted by atomic mass is 31.1. The number of nitrogens with one attached hydrogen (secondary N) is 2. The number of H-pyrrole nitrogens is 1. The zero-order chi connectivity index (χ0) is 18.8. The van der Waals surface area contributed by atoms with Crippen LogP contribution in [0.4, 0.5) is 0 Å². The Morgan fingerprint density at radius 3 is 2.73 bits per heavy atom. The summed E-state index contributed by atoms with van der Waals surface area (Å²) >= 11 is 0. The van der Waals surface area contributed by atoms with E-state index in [0.717, 1.165) is 11.1 Å². The van der Waals surface area contributed by atoms with Gasteiger partial charge >= 0.3 is 5.69 Å². The molecule has 0 bridgehead atoms. The molecule has 0 saturated heterocycles. The van der Waals surface area contributed by atoms with E-state index in [0.29, 0.717) is 23.7 Å². The van der Waals surface area contributed by atoms with Crippen LogP contribution in [-0.2, 0) is 11.3 Å². The van der Waals surface area contributed by atoms with Gasteiger partial charge in [0.1, 0.15) is 6.54 Å². The summed E-state index contributed by atoms with van der Waals surface area (Å²) in [6, 6.07) is 3.68. The number of aryl methyl sites for hydroxylation is 2. The van der Waals surface area contributed by atoms with Crippen LogP contribution in [0.5, 0.6) is 0 Å². The molecular formula is C16H18N5O4P. The maximum atomic E-state index is 12.3. The molecule has 0 radical (unpaired) electrons. The minimum atomic E-state index is -0.789. The molecule has 0 aromatic heterocycles. The Morgan fingerprint density at radius 2 is 2.00 bits per heavy atom. The van der Waals surface area contributed by atoms with E-state index in [1.54, 1.807) is 0 Å². The highest BCUT2D eigenvalue weighted by Gasteiger charge is 2.20. The Hall–Kier alpha value is -2.64. The molecule has 1 unspecified atom stereocenters. The van der Waals surface area contributed by atoms with E-state index in [2.05, 4.69) is 20.3 Å². The van der Waals surface area contributed by atoms with Crippen LogP contribution in [-0.4, -0.2) is 43.0 Å². The smallest absolute Gasteiger partial charge is 0.349 e. The van der Waals surface area contributed by atoms with Crippen molar-refractivity contribution in [2.45, 2.75) is 20.4 Å². The summed E-state index contributed by atoms with van der Waals surface area (Å²) in [6.45, 7) is 4.07. The van der Waals surface area contributed by atoms with Crippen LogP contribution in [0.1, 0.15) is 11.1 Å². The number of aromatic amines is 1. The van der Waals surface area contributed by atoms with E-state index in [4.69, 9.17) is 4.89 Å². The fourth-order valence-corrected chi connectivity index (χ4v) is 2.90. The van der Waals surface area contributed by atoms with Gasteiger partial charge in [0.2, 0.25) is 5.91 Å². The lowest BCUT2D eigenvalue weighted by molar-refractivity contribution is -0.121. The molecule has 0 saturated carbocycles. The Labute approximate surface area is 149 Å². The molecule has 9 nitrogen and oxygen atoms in total. The standard InChI is InChI=1S/C16H18N5O4P/c1-8-5-10-11(6-9(8)2)21(7-12(22)17-3-4-26-25)14-13(18-10)15(23)20-16(24)19-14/h5-6,25-26H,3-4,7H2,1-2H3,(H,17,22)(H,20,23,24). The Balaban J connectivity index is 2.21. The van der Waals surface area contributed by atoms with E-state index in [9.17, 15) is 14.4 Å². The van der Waals surface area contributed by atoms with Crippen molar-refractivity contribution in [2.24, 2.45) is 0 Å². The quantitative estimate of drug-likeness (QED) is 0.324. The SMILES string of the molecule is Cc1cc2nc3c(=O)[nH]c(=O)nc-3n(CC(=O)NCCPO)c2cc1C. The number of carbonyl (C=O) groups is 1. The van der Waals surface area contributed by atoms with Crippen LogP contribution in [0.3, 0.4) is 0 Å². The van der Waals surface area contributed by atoms with Crippen molar-refractivity contribution in [2.75, 3.05) is 12.7 Å². The maximum absolute atomic E-state index is 12.3. The molecule has 2 aliphatic heterocycles. The maximum Gasteiger partial charge on any atom is 0.349 e. The van der Waals surface area contributed by atoms with E-state index < -0.39 is 11.2 Å². The number of benzene rings is 1. The summed E-state index contributed by atoms with van der Waals surface area (Å²) in [4.78, 5) is 55.2. The number of fused-ring (bicyclic) bond motifs is 2. The van der Waals surface area contributed by atoms with Crippen molar-refractivity contribution in [1.82, 2.24) is 24.8 Å². The first-order chi connectivity index (χ1) is 12.4. The average molecular weight is 375 g/mol. The largest absolute Gasteiger partial charge is 0.377 e. The number of hydrogen-bond donors (Lipinski definition) is 3. The topological polar surface area (TPSA) is 130 Å². The first-order valence-corrected chi connectivity index (χ1v) is 9.11. The number of nitrogens with zero attached hydrogens (tertiary/aromatic N) is 3. The third-order valence-electron chi connectivity index (χ3n) is 4.09. The molecule has 0 aliphatic carbocycles. The molecule has 3 N–H and O–H groups in total. The molecule has 3 rings (SSSR count). The van der Waals surface area contributed by atoms with Gasteiger partial charge in [0.05, 0.1) is 11.0 Å². The van der Waals surface area contributed by atoms with Gasteiger partial charge in [-0.2, -0.15) is 4.98 Å². The average Bonchev–Trinajstić information content (AvgIpc) is 2.57. The van der Waals surface area contributed by atoms with Gasteiger partial charge in [0.15, 0.2) is 11.5 Å². The molecule has 10 heteroatoms. The first kappa shape index (κ1) is 18.2. The van der Waals surface area contributed by atoms with Crippen LogP contribution in [0, 0.1) is 13.8 Å². The summed E-state index contributed by atoms with van der Waals surface area (Å²) in [5.41, 5.74) is 1.70. The van der Waals surface area contributed by atoms with Crippen LogP contribution >= 0.6 is 8.81 Å². The molecule has 136 valence electrons. The zero-order valence-electron chi connectivity index (χ0n) is 14.3. The molecule has 1 amide bonds. The van der Waals surface area contributed by atoms with Crippen molar-refractivity contribution in [3.8, 4) is 11.5 Å². The van der Waals surface area contributed by atoms with Gasteiger partial charge in [-0.05, 0) is 37.1 Å².